The minimum Gasteiger partial charge on any atom is -0.462 e. The molecule has 8 heteroatoms. The zero-order valence-electron chi connectivity index (χ0n) is 15.4. The molecule has 0 atom stereocenters. The lowest BCUT2D eigenvalue weighted by molar-refractivity contribution is -0.119. The van der Waals surface area contributed by atoms with Gasteiger partial charge in [0.15, 0.2) is 6.61 Å². The molecule has 2 aromatic heterocycles. The Bertz CT molecular complexity index is 988. The van der Waals surface area contributed by atoms with E-state index < -0.39 is 24.5 Å². The number of carbonyl (C=O) groups is 3. The zero-order chi connectivity index (χ0) is 20.1. The van der Waals surface area contributed by atoms with E-state index in [1.54, 1.807) is 19.1 Å². The Morgan fingerprint density at radius 3 is 2.50 bits per heavy atom. The van der Waals surface area contributed by atoms with Crippen LogP contribution in [0, 0.1) is 0 Å². The molecule has 0 saturated heterocycles. The number of hydrogen-bond acceptors (Lipinski definition) is 7. The van der Waals surface area contributed by atoms with Crippen molar-refractivity contribution in [3.8, 4) is 0 Å². The molecule has 0 aliphatic heterocycles. The van der Waals surface area contributed by atoms with Gasteiger partial charge in [0.1, 0.15) is 9.88 Å². The predicted molar refractivity (Wildman–Crippen MR) is 110 cm³/mol. The SMILES string of the molecule is CCOC(=O)c1cc(CC)sc1NC(=O)COC(=O)c1cc2ccccc2s1. The van der Waals surface area contributed by atoms with Gasteiger partial charge in [0.2, 0.25) is 0 Å². The highest BCUT2D eigenvalue weighted by atomic mass is 32.1. The van der Waals surface area contributed by atoms with Gasteiger partial charge < -0.3 is 14.8 Å². The van der Waals surface area contributed by atoms with Crippen LogP contribution in [0.3, 0.4) is 0 Å². The van der Waals surface area contributed by atoms with Crippen molar-refractivity contribution in [2.75, 3.05) is 18.5 Å². The van der Waals surface area contributed by atoms with Crippen molar-refractivity contribution in [2.24, 2.45) is 0 Å². The van der Waals surface area contributed by atoms with Gasteiger partial charge in [-0.25, -0.2) is 9.59 Å². The van der Waals surface area contributed by atoms with Gasteiger partial charge in [-0.2, -0.15) is 0 Å². The van der Waals surface area contributed by atoms with E-state index in [4.69, 9.17) is 9.47 Å². The average Bonchev–Trinajstić information content (AvgIpc) is 3.30. The Morgan fingerprint density at radius 1 is 1.00 bits per heavy atom. The Balaban J connectivity index is 1.63. The third-order valence-corrected chi connectivity index (χ3v) is 6.13. The van der Waals surface area contributed by atoms with Gasteiger partial charge in [0.05, 0.1) is 12.2 Å². The molecule has 1 N–H and O–H groups in total. The quantitative estimate of drug-likeness (QED) is 0.573. The van der Waals surface area contributed by atoms with Crippen LogP contribution < -0.4 is 5.32 Å². The van der Waals surface area contributed by atoms with Gasteiger partial charge >= 0.3 is 11.9 Å². The molecule has 0 aliphatic rings. The molecule has 1 aromatic carbocycles. The number of anilines is 1. The standard InChI is InChI=1S/C20H19NO5S2/c1-3-13-10-14(19(23)25-4-2)18(27-13)21-17(22)11-26-20(24)16-9-12-7-5-6-8-15(12)28-16/h5-10H,3-4,11H2,1-2H3,(H,21,22). The molecule has 0 spiro atoms. The normalized spacial score (nSPS) is 10.6. The molecule has 0 aliphatic carbocycles. The van der Waals surface area contributed by atoms with E-state index in [-0.39, 0.29) is 6.61 Å². The number of amides is 1. The van der Waals surface area contributed by atoms with Crippen LogP contribution in [-0.2, 0) is 20.7 Å². The summed E-state index contributed by atoms with van der Waals surface area (Å²) in [5.41, 5.74) is 0.313. The number of aryl methyl sites for hydroxylation is 1. The number of nitrogens with one attached hydrogen (secondary N) is 1. The number of benzene rings is 1. The van der Waals surface area contributed by atoms with Crippen LogP contribution in [-0.4, -0.2) is 31.1 Å². The topological polar surface area (TPSA) is 81.7 Å². The molecular formula is C20H19NO5S2. The van der Waals surface area contributed by atoms with Crippen LogP contribution in [0.2, 0.25) is 0 Å². The van der Waals surface area contributed by atoms with Gasteiger partial charge in [-0.3, -0.25) is 4.79 Å². The molecule has 146 valence electrons. The van der Waals surface area contributed by atoms with Gasteiger partial charge in [0, 0.05) is 9.58 Å². The molecule has 3 rings (SSSR count). The summed E-state index contributed by atoms with van der Waals surface area (Å²) in [4.78, 5) is 37.9. The van der Waals surface area contributed by atoms with Crippen LogP contribution >= 0.6 is 22.7 Å². The fraction of sp³-hybridized carbons (Fsp3) is 0.250. The van der Waals surface area contributed by atoms with Crippen LogP contribution in [0.4, 0.5) is 5.00 Å². The first-order valence-electron chi connectivity index (χ1n) is 8.77. The Hall–Kier alpha value is -2.71. The molecule has 0 radical (unpaired) electrons. The lowest BCUT2D eigenvalue weighted by Gasteiger charge is -2.06. The molecule has 0 fully saturated rings. The molecule has 1 amide bonds. The van der Waals surface area contributed by atoms with E-state index in [1.165, 1.54) is 22.7 Å². The first-order valence-corrected chi connectivity index (χ1v) is 10.4. The Kier molecular flexibility index (Phi) is 6.43. The Morgan fingerprint density at radius 2 is 1.79 bits per heavy atom. The number of thiophene rings is 2. The van der Waals surface area contributed by atoms with Crippen LogP contribution in [0.1, 0.15) is 38.8 Å². The van der Waals surface area contributed by atoms with E-state index in [1.807, 2.05) is 31.2 Å². The highest BCUT2D eigenvalue weighted by Crippen LogP contribution is 2.29. The summed E-state index contributed by atoms with van der Waals surface area (Å²) in [6.07, 6.45) is 0.730. The second-order valence-electron chi connectivity index (χ2n) is 5.80. The molecular weight excluding hydrogens is 398 g/mol. The fourth-order valence-corrected chi connectivity index (χ4v) is 4.47. The van der Waals surface area contributed by atoms with E-state index in [0.717, 1.165) is 21.4 Å². The average molecular weight is 418 g/mol. The number of esters is 2. The minimum atomic E-state index is -0.553. The molecule has 0 bridgehead atoms. The van der Waals surface area contributed by atoms with E-state index in [0.29, 0.717) is 15.4 Å². The van der Waals surface area contributed by atoms with Crippen LogP contribution in [0.25, 0.3) is 10.1 Å². The third-order valence-electron chi connectivity index (χ3n) is 3.84. The van der Waals surface area contributed by atoms with Gasteiger partial charge in [-0.05, 0) is 36.9 Å². The number of fused-ring (bicyclic) bond motifs is 1. The summed E-state index contributed by atoms with van der Waals surface area (Å²) in [5, 5.41) is 4.00. The smallest absolute Gasteiger partial charge is 0.348 e. The number of rotatable bonds is 7. The maximum absolute atomic E-state index is 12.2. The lowest BCUT2D eigenvalue weighted by atomic mass is 10.2. The molecule has 2 heterocycles. The second kappa shape index (κ2) is 8.99. The van der Waals surface area contributed by atoms with Crippen molar-refractivity contribution >= 4 is 55.6 Å². The molecule has 28 heavy (non-hydrogen) atoms. The number of ether oxygens (including phenoxy) is 2. The number of carbonyl (C=O) groups excluding carboxylic acids is 3. The lowest BCUT2D eigenvalue weighted by Crippen LogP contribution is -2.21. The minimum absolute atomic E-state index is 0.246. The predicted octanol–water partition coefficient (Wildman–Crippen LogP) is 4.50. The van der Waals surface area contributed by atoms with E-state index >= 15 is 0 Å². The third kappa shape index (κ3) is 4.58. The van der Waals surface area contributed by atoms with Crippen molar-refractivity contribution in [3.63, 3.8) is 0 Å². The first kappa shape index (κ1) is 20.0. The summed E-state index contributed by atoms with van der Waals surface area (Å²) in [7, 11) is 0. The molecule has 0 unspecified atom stereocenters. The summed E-state index contributed by atoms with van der Waals surface area (Å²) < 4.78 is 11.1. The largest absolute Gasteiger partial charge is 0.462 e. The maximum atomic E-state index is 12.2. The van der Waals surface area contributed by atoms with Crippen LogP contribution in [0.15, 0.2) is 36.4 Å². The van der Waals surface area contributed by atoms with Crippen molar-refractivity contribution in [3.05, 3.63) is 51.7 Å². The monoisotopic (exact) mass is 417 g/mol. The fourth-order valence-electron chi connectivity index (χ4n) is 2.52. The molecule has 0 saturated carbocycles. The van der Waals surface area contributed by atoms with Crippen molar-refractivity contribution in [1.82, 2.24) is 0 Å². The molecule has 3 aromatic rings. The van der Waals surface area contributed by atoms with Crippen LogP contribution in [0.5, 0.6) is 0 Å². The zero-order valence-corrected chi connectivity index (χ0v) is 17.1. The van der Waals surface area contributed by atoms with Gasteiger partial charge in [-0.15, -0.1) is 22.7 Å². The molecule has 6 nitrogen and oxygen atoms in total. The van der Waals surface area contributed by atoms with E-state index in [2.05, 4.69) is 5.32 Å². The van der Waals surface area contributed by atoms with Crippen molar-refractivity contribution < 1.29 is 23.9 Å². The maximum Gasteiger partial charge on any atom is 0.348 e. The summed E-state index contributed by atoms with van der Waals surface area (Å²) >= 11 is 2.62. The summed E-state index contributed by atoms with van der Waals surface area (Å²) in [6, 6.07) is 11.1. The van der Waals surface area contributed by atoms with Gasteiger partial charge in [-0.1, -0.05) is 25.1 Å². The first-order chi connectivity index (χ1) is 13.5. The van der Waals surface area contributed by atoms with E-state index in [9.17, 15) is 14.4 Å². The Labute approximate surface area is 170 Å². The highest BCUT2D eigenvalue weighted by molar-refractivity contribution is 7.20. The summed E-state index contributed by atoms with van der Waals surface area (Å²) in [5.74, 6) is -1.55. The summed E-state index contributed by atoms with van der Waals surface area (Å²) in [6.45, 7) is 3.49. The number of hydrogen-bond donors (Lipinski definition) is 1. The van der Waals surface area contributed by atoms with Crippen molar-refractivity contribution in [2.45, 2.75) is 20.3 Å². The second-order valence-corrected chi connectivity index (χ2v) is 8.02. The van der Waals surface area contributed by atoms with Gasteiger partial charge in [0.25, 0.3) is 5.91 Å². The highest BCUT2D eigenvalue weighted by Gasteiger charge is 2.20. The van der Waals surface area contributed by atoms with Crippen molar-refractivity contribution in [1.29, 1.82) is 0 Å².